The van der Waals surface area contributed by atoms with Gasteiger partial charge in [0.25, 0.3) is 5.91 Å². The van der Waals surface area contributed by atoms with Crippen LogP contribution in [0.2, 0.25) is 0 Å². The Bertz CT molecular complexity index is 1560. The second-order valence-electron chi connectivity index (χ2n) is 8.04. The third-order valence-electron chi connectivity index (χ3n) is 5.72. The Balaban J connectivity index is 1.50. The van der Waals surface area contributed by atoms with Gasteiger partial charge in [0.2, 0.25) is 0 Å². The van der Waals surface area contributed by atoms with Crippen molar-refractivity contribution in [3.63, 3.8) is 0 Å². The number of fused-ring (bicyclic) bond motifs is 1. The number of alkyl halides is 3. The highest BCUT2D eigenvalue weighted by atomic mass is 32.1. The number of benzene rings is 2. The van der Waals surface area contributed by atoms with E-state index in [0.29, 0.717) is 5.00 Å². The van der Waals surface area contributed by atoms with Crippen LogP contribution in [0.25, 0.3) is 27.2 Å². The van der Waals surface area contributed by atoms with Crippen molar-refractivity contribution in [2.24, 2.45) is 5.73 Å². The number of primary amides is 1. The molecule has 36 heavy (non-hydrogen) atoms. The Morgan fingerprint density at radius 3 is 2.53 bits per heavy atom. The molecule has 0 unspecified atom stereocenters. The maximum Gasteiger partial charge on any atom is 0.416 e. The number of amides is 1. The van der Waals surface area contributed by atoms with Crippen LogP contribution in [-0.2, 0) is 6.18 Å². The summed E-state index contributed by atoms with van der Waals surface area (Å²) in [6, 6.07) is 16.4. The second-order valence-corrected chi connectivity index (χ2v) is 9.07. The molecule has 0 aliphatic heterocycles. The molecule has 5 aromatic rings. The van der Waals surface area contributed by atoms with Gasteiger partial charge in [-0.25, -0.2) is 4.98 Å². The van der Waals surface area contributed by atoms with Gasteiger partial charge in [-0.05, 0) is 48.4 Å². The van der Waals surface area contributed by atoms with E-state index in [1.165, 1.54) is 25.1 Å². The molecule has 182 valence electrons. The molecule has 6 nitrogen and oxygen atoms in total. The van der Waals surface area contributed by atoms with Crippen LogP contribution in [0.5, 0.6) is 5.75 Å². The summed E-state index contributed by atoms with van der Waals surface area (Å²) in [4.78, 5) is 20.8. The monoisotopic (exact) mass is 508 g/mol. The molecule has 5 rings (SSSR count). The predicted octanol–water partition coefficient (Wildman–Crippen LogP) is 6.41. The lowest BCUT2D eigenvalue weighted by molar-refractivity contribution is -0.138. The van der Waals surface area contributed by atoms with Gasteiger partial charge in [-0.2, -0.15) is 13.2 Å². The largest absolute Gasteiger partial charge is 0.484 e. The molecule has 2 N–H and O–H groups in total. The SMILES string of the molecule is C[C@@H](Oc1cc(-n2cnc3cc(-c4ccncc4)ccc32)sc1C(N)=O)c1ccccc1C(F)(F)F. The van der Waals surface area contributed by atoms with Gasteiger partial charge < -0.3 is 10.5 Å². The van der Waals surface area contributed by atoms with E-state index in [9.17, 15) is 18.0 Å². The molecule has 3 aromatic heterocycles. The Kier molecular flexibility index (Phi) is 5.97. The van der Waals surface area contributed by atoms with Gasteiger partial charge in [-0.1, -0.05) is 24.3 Å². The van der Waals surface area contributed by atoms with Crippen molar-refractivity contribution in [2.45, 2.75) is 19.2 Å². The fraction of sp³-hybridized carbons (Fsp3) is 0.115. The summed E-state index contributed by atoms with van der Waals surface area (Å²) in [5.41, 5.74) is 8.23. The first kappa shape index (κ1) is 23.6. The van der Waals surface area contributed by atoms with Crippen molar-refractivity contribution < 1.29 is 22.7 Å². The molecule has 0 aliphatic carbocycles. The number of halogens is 3. The Hall–Kier alpha value is -4.18. The summed E-state index contributed by atoms with van der Waals surface area (Å²) in [6.07, 6.45) is -0.476. The number of rotatable bonds is 6. The topological polar surface area (TPSA) is 83.0 Å². The first-order valence-corrected chi connectivity index (χ1v) is 11.7. The van der Waals surface area contributed by atoms with Gasteiger partial charge in [0.15, 0.2) is 0 Å². The van der Waals surface area contributed by atoms with Gasteiger partial charge in [-0.3, -0.25) is 14.3 Å². The maximum atomic E-state index is 13.5. The van der Waals surface area contributed by atoms with Crippen LogP contribution in [0.15, 0.2) is 79.4 Å². The Labute approximate surface area is 207 Å². The molecule has 0 spiro atoms. The Morgan fingerprint density at radius 1 is 1.06 bits per heavy atom. The van der Waals surface area contributed by atoms with Crippen LogP contribution < -0.4 is 10.5 Å². The number of aromatic nitrogens is 3. The fourth-order valence-electron chi connectivity index (χ4n) is 4.02. The second kappa shape index (κ2) is 9.12. The number of nitrogens with zero attached hydrogens (tertiary/aromatic N) is 3. The van der Waals surface area contributed by atoms with Crippen LogP contribution in [-0.4, -0.2) is 20.4 Å². The van der Waals surface area contributed by atoms with Gasteiger partial charge in [0.1, 0.15) is 28.1 Å². The molecule has 10 heteroatoms. The van der Waals surface area contributed by atoms with Crippen molar-refractivity contribution >= 4 is 28.3 Å². The third kappa shape index (κ3) is 4.42. The minimum atomic E-state index is -4.54. The van der Waals surface area contributed by atoms with Crippen molar-refractivity contribution in [3.05, 3.63) is 95.4 Å². The number of hydrogen-bond donors (Lipinski definition) is 1. The minimum absolute atomic E-state index is 0.0371. The summed E-state index contributed by atoms with van der Waals surface area (Å²) in [6.45, 7) is 1.50. The van der Waals surface area contributed by atoms with Gasteiger partial charge in [-0.15, -0.1) is 11.3 Å². The van der Waals surface area contributed by atoms with Crippen LogP contribution in [0.4, 0.5) is 13.2 Å². The van der Waals surface area contributed by atoms with Gasteiger partial charge in [0.05, 0.1) is 16.6 Å². The first-order chi connectivity index (χ1) is 17.2. The number of carbonyl (C=O) groups is 1. The lowest BCUT2D eigenvalue weighted by Crippen LogP contribution is -2.15. The zero-order valence-corrected chi connectivity index (χ0v) is 19.7. The number of imidazole rings is 1. The molecule has 0 radical (unpaired) electrons. The smallest absolute Gasteiger partial charge is 0.416 e. The van der Waals surface area contributed by atoms with Gasteiger partial charge >= 0.3 is 6.18 Å². The highest BCUT2D eigenvalue weighted by molar-refractivity contribution is 7.16. The van der Waals surface area contributed by atoms with Crippen molar-refractivity contribution in [1.29, 1.82) is 0 Å². The van der Waals surface area contributed by atoms with Crippen molar-refractivity contribution in [3.8, 4) is 21.9 Å². The molecule has 0 aliphatic rings. The molecule has 1 amide bonds. The molecule has 2 aromatic carbocycles. The number of carbonyl (C=O) groups excluding carboxylic acids is 1. The molecule has 3 heterocycles. The Morgan fingerprint density at radius 2 is 1.81 bits per heavy atom. The fourth-order valence-corrected chi connectivity index (χ4v) is 4.94. The van der Waals surface area contributed by atoms with E-state index in [-0.39, 0.29) is 16.2 Å². The van der Waals surface area contributed by atoms with E-state index in [4.69, 9.17) is 10.5 Å². The quantitative estimate of drug-likeness (QED) is 0.287. The zero-order valence-electron chi connectivity index (χ0n) is 18.9. The first-order valence-electron chi connectivity index (χ1n) is 10.9. The molecular weight excluding hydrogens is 489 g/mol. The summed E-state index contributed by atoms with van der Waals surface area (Å²) in [7, 11) is 0. The lowest BCUT2D eigenvalue weighted by atomic mass is 10.0. The molecule has 0 saturated heterocycles. The molecule has 0 fully saturated rings. The molecule has 1 atom stereocenters. The van der Waals surface area contributed by atoms with Crippen LogP contribution >= 0.6 is 11.3 Å². The summed E-state index contributed by atoms with van der Waals surface area (Å²) in [5.74, 6) is -0.621. The molecular formula is C26H19F3N4O2S. The molecule has 0 saturated carbocycles. The number of ether oxygens (including phenoxy) is 1. The van der Waals surface area contributed by atoms with Crippen LogP contribution in [0.1, 0.15) is 33.8 Å². The summed E-state index contributed by atoms with van der Waals surface area (Å²) < 4.78 is 48.1. The van der Waals surface area contributed by atoms with E-state index in [2.05, 4.69) is 9.97 Å². The number of nitrogens with two attached hydrogens (primary N) is 1. The number of hydrogen-bond acceptors (Lipinski definition) is 5. The number of thiophene rings is 1. The van der Waals surface area contributed by atoms with Crippen molar-refractivity contribution in [2.75, 3.05) is 0 Å². The van der Waals surface area contributed by atoms with Gasteiger partial charge in [0, 0.05) is 24.0 Å². The van der Waals surface area contributed by atoms with E-state index < -0.39 is 23.8 Å². The van der Waals surface area contributed by atoms with Crippen molar-refractivity contribution in [1.82, 2.24) is 14.5 Å². The highest BCUT2D eigenvalue weighted by Gasteiger charge is 2.35. The van der Waals surface area contributed by atoms with E-state index in [1.807, 2.05) is 30.3 Å². The lowest BCUT2D eigenvalue weighted by Gasteiger charge is -2.19. The maximum absolute atomic E-state index is 13.5. The van der Waals surface area contributed by atoms with E-state index in [1.54, 1.807) is 29.4 Å². The number of pyridine rings is 1. The van der Waals surface area contributed by atoms with Crippen LogP contribution in [0.3, 0.4) is 0 Å². The zero-order chi connectivity index (χ0) is 25.4. The average Bonchev–Trinajstić information content (AvgIpc) is 3.47. The summed E-state index contributed by atoms with van der Waals surface area (Å²) in [5, 5.41) is 0.592. The summed E-state index contributed by atoms with van der Waals surface area (Å²) >= 11 is 1.08. The highest BCUT2D eigenvalue weighted by Crippen LogP contribution is 2.39. The predicted molar refractivity (Wildman–Crippen MR) is 131 cm³/mol. The van der Waals surface area contributed by atoms with E-state index in [0.717, 1.165) is 39.6 Å². The standard InChI is InChI=1S/C26H19F3N4O2S/c1-15(18-4-2-3-5-19(18)26(27,28)29)35-22-13-23(36-24(22)25(30)34)33-14-32-20-12-17(6-7-21(20)33)16-8-10-31-11-9-16/h2-15H,1H3,(H2,30,34)/t15-/m1/s1. The van der Waals surface area contributed by atoms with Crippen LogP contribution in [0, 0.1) is 0 Å². The average molecular weight is 509 g/mol. The minimum Gasteiger partial charge on any atom is -0.484 e. The normalized spacial score (nSPS) is 12.6. The third-order valence-corrected chi connectivity index (χ3v) is 6.85. The van der Waals surface area contributed by atoms with E-state index >= 15 is 0 Å². The molecule has 0 bridgehead atoms.